The van der Waals surface area contributed by atoms with E-state index in [1.165, 1.54) is 0 Å². The summed E-state index contributed by atoms with van der Waals surface area (Å²) in [6, 6.07) is 3.51. The van der Waals surface area contributed by atoms with E-state index < -0.39 is 0 Å². The number of hydrogen-bond acceptors (Lipinski definition) is 6. The molecular formula is C18H24N6O2. The molecule has 0 bridgehead atoms. The van der Waals surface area contributed by atoms with Gasteiger partial charge in [0.25, 0.3) is 5.91 Å². The topological polar surface area (TPSA) is 92.6 Å². The minimum Gasteiger partial charge on any atom is -0.355 e. The molecule has 0 radical (unpaired) electrons. The summed E-state index contributed by atoms with van der Waals surface area (Å²) in [5.74, 6) is 0.711. The number of likely N-dealkylation sites (tertiary alicyclic amines) is 1. The molecule has 1 unspecified atom stereocenters. The second-order valence-electron chi connectivity index (χ2n) is 6.75. The molecule has 3 heterocycles. The number of amides is 2. The van der Waals surface area contributed by atoms with Crippen molar-refractivity contribution in [1.82, 2.24) is 20.1 Å². The van der Waals surface area contributed by atoms with Crippen molar-refractivity contribution in [2.24, 2.45) is 0 Å². The van der Waals surface area contributed by atoms with E-state index in [4.69, 9.17) is 5.26 Å². The molecule has 0 aliphatic carbocycles. The van der Waals surface area contributed by atoms with Gasteiger partial charge in [0.05, 0.1) is 0 Å². The molecule has 0 aromatic carbocycles. The molecule has 2 amide bonds. The zero-order chi connectivity index (χ0) is 18.5. The lowest BCUT2D eigenvalue weighted by molar-refractivity contribution is -0.128. The molecule has 1 aromatic heterocycles. The Balaban J connectivity index is 1.63. The van der Waals surface area contributed by atoms with Gasteiger partial charge in [-0.2, -0.15) is 5.26 Å². The second-order valence-corrected chi connectivity index (χ2v) is 6.75. The summed E-state index contributed by atoms with van der Waals surface area (Å²) in [6.07, 6.45) is 5.42. The highest BCUT2D eigenvalue weighted by Crippen LogP contribution is 2.16. The molecule has 8 heteroatoms. The largest absolute Gasteiger partial charge is 0.355 e. The number of aromatic nitrogens is 1. The SMILES string of the molecule is CC(=O)N1CCCN(c2cc(C(=O)NC3CCN(C#N)C3)ccn2)CC1. The lowest BCUT2D eigenvalue weighted by Gasteiger charge is -2.22. The number of carbonyl (C=O) groups is 2. The maximum absolute atomic E-state index is 12.5. The van der Waals surface area contributed by atoms with Crippen LogP contribution in [0.25, 0.3) is 0 Å². The second kappa shape index (κ2) is 8.04. The first-order chi connectivity index (χ1) is 12.6. The molecule has 3 rings (SSSR count). The first-order valence-corrected chi connectivity index (χ1v) is 8.99. The van der Waals surface area contributed by atoms with Gasteiger partial charge in [-0.15, -0.1) is 0 Å². The Bertz CT molecular complexity index is 716. The van der Waals surface area contributed by atoms with Gasteiger partial charge in [0.1, 0.15) is 5.82 Å². The summed E-state index contributed by atoms with van der Waals surface area (Å²) in [6.45, 7) is 5.77. The lowest BCUT2D eigenvalue weighted by atomic mass is 10.2. The molecule has 138 valence electrons. The minimum atomic E-state index is -0.140. The Labute approximate surface area is 153 Å². The maximum atomic E-state index is 12.5. The number of rotatable bonds is 3. The Morgan fingerprint density at radius 2 is 2.12 bits per heavy atom. The smallest absolute Gasteiger partial charge is 0.251 e. The van der Waals surface area contributed by atoms with E-state index in [9.17, 15) is 9.59 Å². The highest BCUT2D eigenvalue weighted by atomic mass is 16.2. The van der Waals surface area contributed by atoms with Gasteiger partial charge in [0, 0.05) is 64.0 Å². The summed E-state index contributed by atoms with van der Waals surface area (Å²) < 4.78 is 0. The van der Waals surface area contributed by atoms with Crippen LogP contribution < -0.4 is 10.2 Å². The van der Waals surface area contributed by atoms with E-state index in [0.29, 0.717) is 31.7 Å². The van der Waals surface area contributed by atoms with Crippen LogP contribution in [0.4, 0.5) is 5.82 Å². The molecule has 26 heavy (non-hydrogen) atoms. The van der Waals surface area contributed by atoms with E-state index in [-0.39, 0.29) is 17.9 Å². The average Bonchev–Trinajstić information content (AvgIpc) is 2.95. The van der Waals surface area contributed by atoms with Gasteiger partial charge in [-0.05, 0) is 25.0 Å². The molecule has 2 fully saturated rings. The van der Waals surface area contributed by atoms with Crippen LogP contribution in [-0.4, -0.2) is 71.9 Å². The van der Waals surface area contributed by atoms with E-state index in [2.05, 4.69) is 21.4 Å². The van der Waals surface area contributed by atoms with Crippen molar-refractivity contribution in [1.29, 1.82) is 5.26 Å². The van der Waals surface area contributed by atoms with Crippen molar-refractivity contribution in [3.8, 4) is 6.19 Å². The lowest BCUT2D eigenvalue weighted by Crippen LogP contribution is -2.36. The van der Waals surface area contributed by atoms with Crippen molar-refractivity contribution in [2.75, 3.05) is 44.2 Å². The number of pyridine rings is 1. The molecule has 2 saturated heterocycles. The molecule has 0 spiro atoms. The van der Waals surface area contributed by atoms with Crippen molar-refractivity contribution in [3.63, 3.8) is 0 Å². The van der Waals surface area contributed by atoms with Crippen LogP contribution in [0.5, 0.6) is 0 Å². The molecule has 1 aromatic rings. The minimum absolute atomic E-state index is 0.000997. The van der Waals surface area contributed by atoms with Crippen molar-refractivity contribution < 1.29 is 9.59 Å². The van der Waals surface area contributed by atoms with Crippen LogP contribution in [0.1, 0.15) is 30.1 Å². The number of nitrogens with zero attached hydrogens (tertiary/aromatic N) is 5. The first kappa shape index (κ1) is 18.0. The van der Waals surface area contributed by atoms with Crippen LogP contribution in [0.15, 0.2) is 18.3 Å². The van der Waals surface area contributed by atoms with Gasteiger partial charge in [-0.3, -0.25) is 9.59 Å². The van der Waals surface area contributed by atoms with E-state index in [1.54, 1.807) is 30.2 Å². The Morgan fingerprint density at radius 3 is 2.85 bits per heavy atom. The van der Waals surface area contributed by atoms with Crippen LogP contribution in [0.2, 0.25) is 0 Å². The summed E-state index contributed by atoms with van der Waals surface area (Å²) in [4.78, 5) is 34.1. The standard InChI is InChI=1S/C18H24N6O2/c1-14(25)23-6-2-7-24(10-9-23)17-11-15(3-5-20-17)18(26)21-16-4-8-22(12-16)13-19/h3,5,11,16H,2,4,6-10,12H2,1H3,(H,21,26). The highest BCUT2D eigenvalue weighted by molar-refractivity contribution is 5.95. The predicted molar refractivity (Wildman–Crippen MR) is 96.4 cm³/mol. The third-order valence-corrected chi connectivity index (χ3v) is 4.94. The Hall–Kier alpha value is -2.82. The fourth-order valence-corrected chi connectivity index (χ4v) is 3.43. The van der Waals surface area contributed by atoms with Gasteiger partial charge in [0.15, 0.2) is 6.19 Å². The third-order valence-electron chi connectivity index (χ3n) is 4.94. The van der Waals surface area contributed by atoms with Crippen molar-refractivity contribution in [2.45, 2.75) is 25.8 Å². The Morgan fingerprint density at radius 1 is 1.27 bits per heavy atom. The zero-order valence-corrected chi connectivity index (χ0v) is 15.0. The zero-order valence-electron chi connectivity index (χ0n) is 15.0. The Kier molecular flexibility index (Phi) is 5.56. The summed E-state index contributed by atoms with van der Waals surface area (Å²) >= 11 is 0. The van der Waals surface area contributed by atoms with Crippen molar-refractivity contribution >= 4 is 17.6 Å². The highest BCUT2D eigenvalue weighted by Gasteiger charge is 2.24. The van der Waals surface area contributed by atoms with E-state index in [1.807, 2.05) is 4.90 Å². The van der Waals surface area contributed by atoms with Crippen molar-refractivity contribution in [3.05, 3.63) is 23.9 Å². The molecule has 1 N–H and O–H groups in total. The van der Waals surface area contributed by atoms with Gasteiger partial charge in [0.2, 0.25) is 5.91 Å². The maximum Gasteiger partial charge on any atom is 0.251 e. The monoisotopic (exact) mass is 356 g/mol. The van der Waals surface area contributed by atoms with E-state index in [0.717, 1.165) is 31.7 Å². The molecular weight excluding hydrogens is 332 g/mol. The fourth-order valence-electron chi connectivity index (χ4n) is 3.43. The van der Waals surface area contributed by atoms with Gasteiger partial charge < -0.3 is 20.0 Å². The molecule has 1 atom stereocenters. The van der Waals surface area contributed by atoms with Gasteiger partial charge in [-0.1, -0.05) is 0 Å². The molecule has 2 aliphatic rings. The van der Waals surface area contributed by atoms with E-state index >= 15 is 0 Å². The van der Waals surface area contributed by atoms with Gasteiger partial charge in [-0.25, -0.2) is 4.98 Å². The van der Waals surface area contributed by atoms with Crippen LogP contribution >= 0.6 is 0 Å². The predicted octanol–water partition coefficient (Wildman–Crippen LogP) is 0.425. The quantitative estimate of drug-likeness (QED) is 0.790. The molecule has 0 saturated carbocycles. The summed E-state index contributed by atoms with van der Waals surface area (Å²) in [7, 11) is 0. The normalized spacial score (nSPS) is 20.5. The first-order valence-electron chi connectivity index (χ1n) is 8.99. The summed E-state index contributed by atoms with van der Waals surface area (Å²) in [5.41, 5.74) is 0.568. The van der Waals surface area contributed by atoms with Crippen LogP contribution in [0.3, 0.4) is 0 Å². The average molecular weight is 356 g/mol. The number of nitrogens with one attached hydrogen (secondary N) is 1. The number of anilines is 1. The number of carbonyl (C=O) groups excluding carboxylic acids is 2. The fraction of sp³-hybridized carbons (Fsp3) is 0.556. The number of hydrogen-bond donors (Lipinski definition) is 1. The van der Waals surface area contributed by atoms with Crippen LogP contribution in [0, 0.1) is 11.5 Å². The number of nitriles is 1. The third kappa shape index (κ3) is 4.23. The van der Waals surface area contributed by atoms with Crippen LogP contribution in [-0.2, 0) is 4.79 Å². The molecule has 8 nitrogen and oxygen atoms in total. The summed E-state index contributed by atoms with van der Waals surface area (Å²) in [5, 5.41) is 11.9. The molecule has 2 aliphatic heterocycles. The van der Waals surface area contributed by atoms with Gasteiger partial charge >= 0.3 is 0 Å².